The largest absolute Gasteiger partial charge is 0.350 e. The molecule has 1 N–H and O–H groups in total. The SMILES string of the molecule is Cc1ccc(CNC(=O)CN2C(=O)/C(=C/c3ccccc3C)Sc3ccccc32)cc1. The Morgan fingerprint density at radius 2 is 1.68 bits per heavy atom. The van der Waals surface area contributed by atoms with Crippen LogP contribution in [0.3, 0.4) is 0 Å². The summed E-state index contributed by atoms with van der Waals surface area (Å²) in [6.45, 7) is 4.47. The van der Waals surface area contributed by atoms with E-state index in [1.54, 1.807) is 4.90 Å². The predicted molar refractivity (Wildman–Crippen MR) is 127 cm³/mol. The number of nitrogens with one attached hydrogen (secondary N) is 1. The van der Waals surface area contributed by atoms with Gasteiger partial charge in [0.05, 0.1) is 10.6 Å². The van der Waals surface area contributed by atoms with Crippen molar-refractivity contribution in [3.05, 3.63) is 100.0 Å². The van der Waals surface area contributed by atoms with Crippen LogP contribution in [0, 0.1) is 13.8 Å². The minimum atomic E-state index is -0.189. The number of hydrogen-bond acceptors (Lipinski definition) is 3. The summed E-state index contributed by atoms with van der Waals surface area (Å²) in [6, 6.07) is 23.7. The standard InChI is InChI=1S/C26H24N2O2S/c1-18-11-13-20(14-12-18)16-27-25(29)17-28-22-9-5-6-10-23(22)31-24(26(28)30)15-21-8-4-3-7-19(21)2/h3-15H,16-17H2,1-2H3,(H,27,29)/b24-15-. The van der Waals surface area contributed by atoms with Crippen molar-refractivity contribution in [1.29, 1.82) is 0 Å². The second kappa shape index (κ2) is 9.23. The van der Waals surface area contributed by atoms with Gasteiger partial charge in [0, 0.05) is 11.4 Å². The van der Waals surface area contributed by atoms with Crippen molar-refractivity contribution in [3.8, 4) is 0 Å². The molecule has 0 unspecified atom stereocenters. The number of para-hydroxylation sites is 1. The van der Waals surface area contributed by atoms with Gasteiger partial charge in [0.25, 0.3) is 5.91 Å². The Bertz CT molecular complexity index is 1150. The second-order valence-corrected chi connectivity index (χ2v) is 8.67. The number of rotatable bonds is 5. The fourth-order valence-corrected chi connectivity index (χ4v) is 4.46. The number of carbonyl (C=O) groups excluding carboxylic acids is 2. The number of hydrogen-bond donors (Lipinski definition) is 1. The van der Waals surface area contributed by atoms with Crippen LogP contribution in [0.5, 0.6) is 0 Å². The number of thioether (sulfide) groups is 1. The highest BCUT2D eigenvalue weighted by atomic mass is 32.2. The van der Waals surface area contributed by atoms with E-state index in [0.29, 0.717) is 11.4 Å². The number of fused-ring (bicyclic) bond motifs is 1. The molecule has 0 saturated heterocycles. The fraction of sp³-hybridized carbons (Fsp3) is 0.154. The van der Waals surface area contributed by atoms with Crippen molar-refractivity contribution >= 4 is 35.3 Å². The summed E-state index contributed by atoms with van der Waals surface area (Å²) in [5.41, 5.74) is 5.08. The number of anilines is 1. The Morgan fingerprint density at radius 3 is 2.45 bits per heavy atom. The first-order valence-electron chi connectivity index (χ1n) is 10.2. The Morgan fingerprint density at radius 1 is 0.968 bits per heavy atom. The molecule has 0 bridgehead atoms. The first-order chi connectivity index (χ1) is 15.0. The monoisotopic (exact) mass is 428 g/mol. The molecule has 3 aromatic rings. The van der Waals surface area contributed by atoms with E-state index in [0.717, 1.165) is 27.3 Å². The molecule has 0 saturated carbocycles. The van der Waals surface area contributed by atoms with Gasteiger partial charge in [-0.25, -0.2) is 0 Å². The highest BCUT2D eigenvalue weighted by molar-refractivity contribution is 8.04. The quantitative estimate of drug-likeness (QED) is 0.575. The minimum absolute atomic E-state index is 0.0205. The molecule has 0 aromatic heterocycles. The summed E-state index contributed by atoms with van der Waals surface area (Å²) in [6.07, 6.45) is 1.91. The maximum atomic E-state index is 13.3. The van der Waals surface area contributed by atoms with Crippen LogP contribution >= 0.6 is 11.8 Å². The number of carbonyl (C=O) groups is 2. The molecule has 1 aliphatic rings. The van der Waals surface area contributed by atoms with Gasteiger partial charge in [0.2, 0.25) is 5.91 Å². The highest BCUT2D eigenvalue weighted by Gasteiger charge is 2.30. The zero-order chi connectivity index (χ0) is 21.8. The molecule has 1 aliphatic heterocycles. The van der Waals surface area contributed by atoms with Crippen LogP contribution in [-0.4, -0.2) is 18.4 Å². The van der Waals surface area contributed by atoms with Crippen molar-refractivity contribution in [3.63, 3.8) is 0 Å². The van der Waals surface area contributed by atoms with E-state index in [1.165, 1.54) is 17.3 Å². The van der Waals surface area contributed by atoms with Gasteiger partial charge in [-0.3, -0.25) is 14.5 Å². The molecular formula is C26H24N2O2S. The summed E-state index contributed by atoms with van der Waals surface area (Å²) < 4.78 is 0. The van der Waals surface area contributed by atoms with Crippen molar-refractivity contribution < 1.29 is 9.59 Å². The minimum Gasteiger partial charge on any atom is -0.350 e. The molecule has 4 rings (SSSR count). The summed E-state index contributed by atoms with van der Waals surface area (Å²) in [4.78, 5) is 29.1. The van der Waals surface area contributed by atoms with E-state index in [4.69, 9.17) is 0 Å². The lowest BCUT2D eigenvalue weighted by molar-refractivity contribution is -0.122. The third kappa shape index (κ3) is 4.89. The average Bonchev–Trinajstić information content (AvgIpc) is 2.77. The molecule has 5 heteroatoms. The number of nitrogens with zero attached hydrogens (tertiary/aromatic N) is 1. The van der Waals surface area contributed by atoms with E-state index in [9.17, 15) is 9.59 Å². The zero-order valence-electron chi connectivity index (χ0n) is 17.6. The van der Waals surface area contributed by atoms with Crippen LogP contribution < -0.4 is 10.2 Å². The van der Waals surface area contributed by atoms with E-state index >= 15 is 0 Å². The van der Waals surface area contributed by atoms with Crippen molar-refractivity contribution in [2.45, 2.75) is 25.3 Å². The molecule has 3 aromatic carbocycles. The number of amides is 2. The van der Waals surface area contributed by atoms with E-state index < -0.39 is 0 Å². The molecule has 0 spiro atoms. The molecular weight excluding hydrogens is 404 g/mol. The zero-order valence-corrected chi connectivity index (χ0v) is 18.4. The van der Waals surface area contributed by atoms with Crippen LogP contribution in [0.4, 0.5) is 5.69 Å². The topological polar surface area (TPSA) is 49.4 Å². The van der Waals surface area contributed by atoms with Gasteiger partial charge in [-0.2, -0.15) is 0 Å². The Kier molecular flexibility index (Phi) is 6.23. The summed E-state index contributed by atoms with van der Waals surface area (Å²) >= 11 is 1.45. The summed E-state index contributed by atoms with van der Waals surface area (Å²) in [7, 11) is 0. The van der Waals surface area contributed by atoms with Gasteiger partial charge in [-0.1, -0.05) is 78.0 Å². The second-order valence-electron chi connectivity index (χ2n) is 7.59. The molecule has 0 radical (unpaired) electrons. The lowest BCUT2D eigenvalue weighted by atomic mass is 10.1. The molecule has 1 heterocycles. The molecule has 4 nitrogen and oxygen atoms in total. The predicted octanol–water partition coefficient (Wildman–Crippen LogP) is 5.10. The Balaban J connectivity index is 1.55. The summed E-state index contributed by atoms with van der Waals surface area (Å²) in [5, 5.41) is 2.93. The molecule has 31 heavy (non-hydrogen) atoms. The number of benzene rings is 3. The van der Waals surface area contributed by atoms with Gasteiger partial charge < -0.3 is 5.32 Å². The van der Waals surface area contributed by atoms with Crippen LogP contribution in [0.1, 0.15) is 22.3 Å². The van der Waals surface area contributed by atoms with Gasteiger partial charge in [-0.15, -0.1) is 0 Å². The lowest BCUT2D eigenvalue weighted by Gasteiger charge is -2.30. The highest BCUT2D eigenvalue weighted by Crippen LogP contribution is 2.42. The number of aryl methyl sites for hydroxylation is 2. The maximum Gasteiger partial charge on any atom is 0.265 e. The Labute approximate surface area is 187 Å². The van der Waals surface area contributed by atoms with Gasteiger partial charge in [0.1, 0.15) is 6.54 Å². The average molecular weight is 429 g/mol. The van der Waals surface area contributed by atoms with Crippen LogP contribution in [0.2, 0.25) is 0 Å². The first-order valence-corrected chi connectivity index (χ1v) is 11.0. The van der Waals surface area contributed by atoms with E-state index in [1.807, 2.05) is 92.7 Å². The van der Waals surface area contributed by atoms with Crippen molar-refractivity contribution in [2.75, 3.05) is 11.4 Å². The summed E-state index contributed by atoms with van der Waals surface area (Å²) in [5.74, 6) is -0.344. The maximum absolute atomic E-state index is 13.3. The van der Waals surface area contributed by atoms with Gasteiger partial charge >= 0.3 is 0 Å². The lowest BCUT2D eigenvalue weighted by Crippen LogP contribution is -2.42. The molecule has 0 atom stereocenters. The van der Waals surface area contributed by atoms with E-state index in [2.05, 4.69) is 5.32 Å². The first kappa shape index (κ1) is 20.9. The molecule has 2 amide bonds. The van der Waals surface area contributed by atoms with Crippen LogP contribution in [0.15, 0.2) is 82.6 Å². The molecule has 156 valence electrons. The smallest absolute Gasteiger partial charge is 0.265 e. The third-order valence-corrected chi connectivity index (χ3v) is 6.30. The third-order valence-electron chi connectivity index (χ3n) is 5.22. The van der Waals surface area contributed by atoms with Crippen LogP contribution in [0.25, 0.3) is 6.08 Å². The fourth-order valence-electron chi connectivity index (χ4n) is 3.42. The van der Waals surface area contributed by atoms with Crippen LogP contribution in [-0.2, 0) is 16.1 Å². The van der Waals surface area contributed by atoms with E-state index in [-0.39, 0.29) is 18.4 Å². The van der Waals surface area contributed by atoms with Gasteiger partial charge in [0.15, 0.2) is 0 Å². The molecule has 0 aliphatic carbocycles. The Hall–Kier alpha value is -3.31. The molecule has 0 fully saturated rings. The van der Waals surface area contributed by atoms with Crippen molar-refractivity contribution in [2.24, 2.45) is 0 Å². The normalized spacial score (nSPS) is 14.5. The van der Waals surface area contributed by atoms with Crippen molar-refractivity contribution in [1.82, 2.24) is 5.32 Å². The van der Waals surface area contributed by atoms with Gasteiger partial charge in [-0.05, 0) is 48.7 Å².